The molecule has 0 bridgehead atoms. The molecule has 1 saturated carbocycles. The van der Waals surface area contributed by atoms with Gasteiger partial charge in [-0.3, -0.25) is 4.79 Å². The number of ether oxygens (including phenoxy) is 4. The van der Waals surface area contributed by atoms with Gasteiger partial charge >= 0.3 is 5.97 Å². The van der Waals surface area contributed by atoms with Crippen molar-refractivity contribution in [2.45, 2.75) is 88.5 Å². The summed E-state index contributed by atoms with van der Waals surface area (Å²) in [6.07, 6.45) is 0.497. The standard InChI is InChI=1S/C26H36O10/c1-3-33-19(28)10-9-15-11-16-17(14-7-5-4-6-8-14)13-34-24(16)25(32-2)23(15)36-26-22(31)21(30)20(29)18(12-27)35-26/h11,13-14,18,20-22,26-27,29-31H,3-10,12H2,1-2H3. The minimum Gasteiger partial charge on any atom is -0.490 e. The molecule has 36 heavy (non-hydrogen) atoms. The van der Waals surface area contributed by atoms with Crippen molar-refractivity contribution in [1.29, 1.82) is 0 Å². The topological polar surface area (TPSA) is 148 Å². The van der Waals surface area contributed by atoms with Gasteiger partial charge in [-0.25, -0.2) is 0 Å². The molecule has 4 rings (SSSR count). The summed E-state index contributed by atoms with van der Waals surface area (Å²) in [5.41, 5.74) is 2.17. The Morgan fingerprint density at radius 2 is 1.83 bits per heavy atom. The first-order chi connectivity index (χ1) is 17.4. The van der Waals surface area contributed by atoms with Crippen molar-refractivity contribution in [1.82, 2.24) is 0 Å². The monoisotopic (exact) mass is 508 g/mol. The summed E-state index contributed by atoms with van der Waals surface area (Å²) in [4.78, 5) is 12.1. The number of benzene rings is 1. The van der Waals surface area contributed by atoms with Gasteiger partial charge in [0.2, 0.25) is 12.0 Å². The third-order valence-corrected chi connectivity index (χ3v) is 7.12. The Kier molecular flexibility index (Phi) is 8.74. The summed E-state index contributed by atoms with van der Waals surface area (Å²) < 4.78 is 28.3. The highest BCUT2D eigenvalue weighted by atomic mass is 16.7. The van der Waals surface area contributed by atoms with Crippen LogP contribution in [0, 0.1) is 0 Å². The molecule has 0 radical (unpaired) electrons. The molecule has 1 aromatic carbocycles. The Morgan fingerprint density at radius 1 is 1.08 bits per heavy atom. The van der Waals surface area contributed by atoms with E-state index in [2.05, 4.69) is 0 Å². The summed E-state index contributed by atoms with van der Waals surface area (Å²) in [5, 5.41) is 41.3. The van der Waals surface area contributed by atoms with Gasteiger partial charge in [0.25, 0.3) is 0 Å². The zero-order chi connectivity index (χ0) is 25.8. The Labute approximate surface area is 209 Å². The molecule has 1 aliphatic heterocycles. The van der Waals surface area contributed by atoms with E-state index in [1.54, 1.807) is 13.2 Å². The quantitative estimate of drug-likeness (QED) is 0.371. The normalized spacial score (nSPS) is 27.2. The molecule has 2 heterocycles. The van der Waals surface area contributed by atoms with Crippen LogP contribution in [0.5, 0.6) is 11.5 Å². The van der Waals surface area contributed by atoms with Crippen LogP contribution in [-0.4, -0.2) is 77.4 Å². The minimum absolute atomic E-state index is 0.0875. The molecular formula is C26H36O10. The van der Waals surface area contributed by atoms with Crippen LogP contribution >= 0.6 is 0 Å². The van der Waals surface area contributed by atoms with Crippen molar-refractivity contribution in [2.24, 2.45) is 0 Å². The summed E-state index contributed by atoms with van der Waals surface area (Å²) >= 11 is 0. The fourth-order valence-corrected chi connectivity index (χ4v) is 5.17. The third-order valence-electron chi connectivity index (χ3n) is 7.12. The van der Waals surface area contributed by atoms with Crippen LogP contribution in [-0.2, 0) is 20.7 Å². The number of carbonyl (C=O) groups is 1. The molecule has 0 spiro atoms. The first kappa shape index (κ1) is 26.7. The van der Waals surface area contributed by atoms with E-state index >= 15 is 0 Å². The van der Waals surface area contributed by atoms with Crippen LogP contribution in [0.3, 0.4) is 0 Å². The predicted molar refractivity (Wildman–Crippen MR) is 128 cm³/mol. The average molecular weight is 509 g/mol. The highest BCUT2D eigenvalue weighted by molar-refractivity contribution is 5.90. The van der Waals surface area contributed by atoms with E-state index in [9.17, 15) is 25.2 Å². The van der Waals surface area contributed by atoms with Crippen molar-refractivity contribution in [3.05, 3.63) is 23.5 Å². The number of furan rings is 1. The highest BCUT2D eigenvalue weighted by Gasteiger charge is 2.45. The molecule has 5 atom stereocenters. The number of aryl methyl sites for hydroxylation is 1. The van der Waals surface area contributed by atoms with Crippen LogP contribution in [0.2, 0.25) is 0 Å². The number of hydrogen-bond acceptors (Lipinski definition) is 10. The number of aliphatic hydroxyl groups excluding tert-OH is 4. The number of rotatable bonds is 9. The van der Waals surface area contributed by atoms with Crippen LogP contribution in [0.25, 0.3) is 11.0 Å². The largest absolute Gasteiger partial charge is 0.490 e. The summed E-state index contributed by atoms with van der Waals surface area (Å²) in [5.74, 6) is 0.448. The predicted octanol–water partition coefficient (Wildman–Crippen LogP) is 2.16. The maximum atomic E-state index is 12.1. The molecule has 1 aliphatic carbocycles. The van der Waals surface area contributed by atoms with E-state index in [-0.39, 0.29) is 36.9 Å². The zero-order valence-corrected chi connectivity index (χ0v) is 20.7. The number of methoxy groups -OCH3 is 1. The first-order valence-electron chi connectivity index (χ1n) is 12.6. The van der Waals surface area contributed by atoms with Crippen LogP contribution < -0.4 is 9.47 Å². The molecule has 2 aliphatic rings. The Hall–Kier alpha value is -2.37. The average Bonchev–Trinajstić information content (AvgIpc) is 3.31. The lowest BCUT2D eigenvalue weighted by Crippen LogP contribution is -2.60. The van der Waals surface area contributed by atoms with E-state index in [1.165, 1.54) is 13.5 Å². The summed E-state index contributed by atoms with van der Waals surface area (Å²) in [7, 11) is 1.47. The fourth-order valence-electron chi connectivity index (χ4n) is 5.17. The number of hydrogen-bond donors (Lipinski definition) is 4. The second-order valence-electron chi connectivity index (χ2n) is 9.42. The molecule has 5 unspecified atom stereocenters. The summed E-state index contributed by atoms with van der Waals surface area (Å²) in [6, 6.07) is 1.91. The van der Waals surface area contributed by atoms with E-state index < -0.39 is 37.3 Å². The molecule has 4 N–H and O–H groups in total. The molecule has 1 saturated heterocycles. The Bertz CT molecular complexity index is 1030. The number of esters is 1. The molecule has 1 aromatic heterocycles. The van der Waals surface area contributed by atoms with Gasteiger partial charge in [0.1, 0.15) is 24.4 Å². The van der Waals surface area contributed by atoms with E-state index in [1.807, 2.05) is 6.07 Å². The van der Waals surface area contributed by atoms with Gasteiger partial charge in [-0.1, -0.05) is 19.3 Å². The molecule has 2 aromatic rings. The van der Waals surface area contributed by atoms with Crippen LogP contribution in [0.15, 0.2) is 16.7 Å². The van der Waals surface area contributed by atoms with Crippen molar-refractivity contribution < 1.29 is 48.6 Å². The lowest BCUT2D eigenvalue weighted by molar-refractivity contribution is -0.277. The van der Waals surface area contributed by atoms with Gasteiger partial charge in [0.15, 0.2) is 11.3 Å². The maximum absolute atomic E-state index is 12.1. The molecule has 2 fully saturated rings. The maximum Gasteiger partial charge on any atom is 0.306 e. The van der Waals surface area contributed by atoms with Crippen molar-refractivity contribution in [3.8, 4) is 11.5 Å². The van der Waals surface area contributed by atoms with Gasteiger partial charge < -0.3 is 43.8 Å². The molecule has 10 heteroatoms. The van der Waals surface area contributed by atoms with Crippen LogP contribution in [0.1, 0.15) is 62.5 Å². The Balaban J connectivity index is 1.74. The second kappa shape index (κ2) is 11.8. The van der Waals surface area contributed by atoms with Gasteiger partial charge in [0, 0.05) is 17.4 Å². The number of carbonyl (C=O) groups excluding carboxylic acids is 1. The van der Waals surface area contributed by atoms with E-state index in [4.69, 9.17) is 23.4 Å². The SMILES string of the molecule is CCOC(=O)CCc1cc2c(C3CCCCC3)coc2c(OC)c1OC1OC(CO)C(O)C(O)C1O. The van der Waals surface area contributed by atoms with Crippen molar-refractivity contribution in [2.75, 3.05) is 20.3 Å². The van der Waals surface area contributed by atoms with Gasteiger partial charge in [-0.2, -0.15) is 0 Å². The van der Waals surface area contributed by atoms with Crippen molar-refractivity contribution >= 4 is 16.9 Å². The highest BCUT2D eigenvalue weighted by Crippen LogP contribution is 2.46. The molecule has 0 amide bonds. The van der Waals surface area contributed by atoms with Gasteiger partial charge in [-0.05, 0) is 43.7 Å². The second-order valence-corrected chi connectivity index (χ2v) is 9.42. The van der Waals surface area contributed by atoms with Crippen molar-refractivity contribution in [3.63, 3.8) is 0 Å². The van der Waals surface area contributed by atoms with E-state index in [0.717, 1.165) is 36.6 Å². The van der Waals surface area contributed by atoms with Gasteiger partial charge in [0.05, 0.1) is 26.6 Å². The minimum atomic E-state index is -1.60. The lowest BCUT2D eigenvalue weighted by atomic mass is 9.83. The molecular weight excluding hydrogens is 472 g/mol. The smallest absolute Gasteiger partial charge is 0.306 e. The number of fused-ring (bicyclic) bond motifs is 1. The zero-order valence-electron chi connectivity index (χ0n) is 20.7. The molecule has 200 valence electrons. The lowest BCUT2D eigenvalue weighted by Gasteiger charge is -2.39. The van der Waals surface area contributed by atoms with Crippen LogP contribution in [0.4, 0.5) is 0 Å². The number of aliphatic hydroxyl groups is 4. The fraction of sp³-hybridized carbons (Fsp3) is 0.654. The molecule has 10 nitrogen and oxygen atoms in total. The van der Waals surface area contributed by atoms with E-state index in [0.29, 0.717) is 17.1 Å². The third kappa shape index (κ3) is 5.33. The first-order valence-corrected chi connectivity index (χ1v) is 12.6. The summed E-state index contributed by atoms with van der Waals surface area (Å²) in [6.45, 7) is 1.42. The Morgan fingerprint density at radius 3 is 2.50 bits per heavy atom. The van der Waals surface area contributed by atoms with Gasteiger partial charge in [-0.15, -0.1) is 0 Å².